The fourth-order valence-electron chi connectivity index (χ4n) is 19.0. The van der Waals surface area contributed by atoms with Gasteiger partial charge < -0.3 is 76.2 Å². The van der Waals surface area contributed by atoms with E-state index in [0.29, 0.717) is 81.6 Å². The second kappa shape index (κ2) is 42.8. The third-order valence-electron chi connectivity index (χ3n) is 26.4. The van der Waals surface area contributed by atoms with Crippen LogP contribution in [0.2, 0.25) is 0 Å². The molecule has 0 bridgehead atoms. The Morgan fingerprint density at radius 2 is 0.780 bits per heavy atom. The van der Waals surface area contributed by atoms with Gasteiger partial charge in [0.15, 0.2) is 45.4 Å². The number of piperidine rings is 5. The molecule has 1 aliphatic carbocycles. The molecule has 25 rings (SSSR count). The first-order valence-electron chi connectivity index (χ1n) is 46.4. The van der Waals surface area contributed by atoms with Crippen molar-refractivity contribution in [3.8, 4) is 83.9 Å². The number of nitrogens with zero attached hydrogens (tertiary/aromatic N) is 25. The third-order valence-corrected chi connectivity index (χ3v) is 32.7. The highest BCUT2D eigenvalue weighted by Gasteiger charge is 2.34. The second-order valence-electron chi connectivity index (χ2n) is 35.4. The Morgan fingerprint density at radius 3 is 1.15 bits per heavy atom. The summed E-state index contributed by atoms with van der Waals surface area (Å²) in [7, 11) is 1.89. The van der Waals surface area contributed by atoms with Gasteiger partial charge in [0.25, 0.3) is 0 Å². The number of fused-ring (bicyclic) bond motifs is 7. The van der Waals surface area contributed by atoms with Crippen LogP contribution >= 0.6 is 118 Å². The van der Waals surface area contributed by atoms with Crippen molar-refractivity contribution in [3.05, 3.63) is 200 Å². The molecule has 18 aromatic rings. The Labute approximate surface area is 866 Å². The standard InChI is InChI=1S/C18H17BrN6.C18H18BrN5O2.C15H18BrN7.C15H16BrN7.2C14H15BrN6S/c19-15-16(13-2-1-7-22-9-13)24-18-14(10-23-25(18)17(15)21)12-5-3-11(8-20)4-6-12;19-15-16(11-2-1-5-21-7-11)23-18-12(8-22-24(18)17(15)20)10-3-4-13-14(6-10)26-9-25-13;1-22-7-9(5-19-22)11-6-20-23-14(18)12(16)13(21-15(11)23)8-2-3-10(17)4-8;16-12-13(9-2-1-3-18-6-9)22-15-10(7-21-23(15)14(12)17)11-8-19-4-5-20-11;15-11-12(8-2-1-3-17-4-8)20-14-9(10-6-22-7-18-10)5-19-21(14)13(11)16;15-11-12(8-2-1-3-17-4-8)20-14-9(10-6-18-7-22-10)5-19-21(14)13(11)16/h3-6,10,13,22H,1-2,7,9,21H2;3-4,6,8,11,21H,1-2,5,7,9,20H2;5-8,10H,2-4,17-18H2,1H3;4-5,7-9,18H,1-3,6,17H2;2*5-8,17H,1-4,16H2/t;;8?,10-;;;/m..0.../s1. The number of nitrogen functional groups attached to an aromatic ring is 6. The van der Waals surface area contributed by atoms with E-state index in [1.165, 1.54) is 0 Å². The van der Waals surface area contributed by atoms with Gasteiger partial charge in [-0.25, -0.2) is 34.9 Å². The van der Waals surface area contributed by atoms with Gasteiger partial charge in [0.05, 0.1) is 166 Å². The Morgan fingerprint density at radius 1 is 0.390 bits per heavy atom. The van der Waals surface area contributed by atoms with Crippen LogP contribution in [-0.2, 0) is 7.05 Å². The number of thiazole rings is 2. The summed E-state index contributed by atoms with van der Waals surface area (Å²) in [6, 6.07) is 15.7. The number of hydrogen-bond donors (Lipinski definition) is 12. The van der Waals surface area contributed by atoms with Gasteiger partial charge in [0.2, 0.25) is 6.79 Å². The van der Waals surface area contributed by atoms with Gasteiger partial charge in [-0.15, -0.1) is 22.7 Å². The van der Waals surface area contributed by atoms with Crippen LogP contribution in [0.15, 0.2) is 160 Å². The van der Waals surface area contributed by atoms with E-state index in [0.717, 1.165) is 316 Å². The van der Waals surface area contributed by atoms with Crippen molar-refractivity contribution in [1.29, 1.82) is 5.26 Å². The summed E-state index contributed by atoms with van der Waals surface area (Å²) < 4.78 is 27.7. The molecule has 0 radical (unpaired) electrons. The van der Waals surface area contributed by atoms with E-state index in [-0.39, 0.29) is 12.8 Å². The van der Waals surface area contributed by atoms with Crippen LogP contribution in [0.1, 0.15) is 159 Å². The number of ether oxygens (including phenoxy) is 2. The third kappa shape index (κ3) is 19.8. The predicted octanol–water partition coefficient (Wildman–Crippen LogP) is 15.4. The van der Waals surface area contributed by atoms with Gasteiger partial charge in [-0.3, -0.25) is 19.6 Å². The van der Waals surface area contributed by atoms with E-state index in [4.69, 9.17) is 84.8 Å². The summed E-state index contributed by atoms with van der Waals surface area (Å²) >= 11 is 24.8. The molecule has 7 atom stereocenters. The molecule has 141 heavy (non-hydrogen) atoms. The summed E-state index contributed by atoms with van der Waals surface area (Å²) in [6.45, 7) is 10.2. The molecule has 0 spiro atoms. The number of nitrogens with two attached hydrogens (primary N) is 7. The Hall–Kier alpha value is -11.8. The maximum absolute atomic E-state index is 8.97. The SMILES string of the molecule is Cn1cc(-c2cnn3c(N)c(Br)c(C4CC[C@H](N)C4)nc23)cn1.N#Cc1ccc(-c2cnn3c(N)c(Br)c(C4CCCNC4)nc23)cc1.Nc1c(Br)c(C2CCCNC2)nc2c(-c3ccc4c(c3)OCO4)cnn12.Nc1c(Br)c(C2CCCNC2)nc2c(-c3cnccn3)cnn12.Nc1c(Br)c(C2CCCNC2)nc2c(-c3cncs3)cnn12.Nc1c(Br)c(C2CCCNC2)nc2c(-c3cscn3)cnn12. The molecule has 1 saturated carbocycles. The molecule has 19 N–H and O–H groups in total. The van der Waals surface area contributed by atoms with E-state index in [1.807, 2.05) is 78.6 Å². The van der Waals surface area contributed by atoms with Crippen LogP contribution < -0.4 is 76.2 Å². The van der Waals surface area contributed by atoms with Crippen molar-refractivity contribution in [3.63, 3.8) is 0 Å². The van der Waals surface area contributed by atoms with Crippen LogP contribution in [0.25, 0.3) is 100 Å². The summed E-state index contributed by atoms with van der Waals surface area (Å²) in [5.74, 6) is 7.04. The molecule has 2 aromatic carbocycles. The fraction of sp³-hybridized carbons (Fsp3) is 0.340. The monoisotopic (exact) mass is 2320 g/mol. The van der Waals surface area contributed by atoms with E-state index < -0.39 is 0 Å². The minimum absolute atomic E-state index is 0.244. The number of halogens is 6. The van der Waals surface area contributed by atoms with Crippen molar-refractivity contribution in [2.75, 3.05) is 107 Å². The number of rotatable bonds is 12. The Kier molecular flexibility index (Phi) is 29.4. The maximum atomic E-state index is 8.97. The van der Waals surface area contributed by atoms with Crippen molar-refractivity contribution in [2.45, 2.75) is 125 Å². The zero-order valence-electron chi connectivity index (χ0n) is 76.3. The highest BCUT2D eigenvalue weighted by atomic mass is 79.9. The largest absolute Gasteiger partial charge is 0.454 e. The predicted molar refractivity (Wildman–Crippen MR) is 567 cm³/mol. The highest BCUT2D eigenvalue weighted by molar-refractivity contribution is 9.11. The number of benzene rings is 2. The van der Waals surface area contributed by atoms with Crippen LogP contribution in [0.5, 0.6) is 11.5 Å². The Balaban J connectivity index is 0.000000104. The van der Waals surface area contributed by atoms with E-state index in [9.17, 15) is 0 Å². The first kappa shape index (κ1) is 96.7. The molecule has 5 saturated heterocycles. The van der Waals surface area contributed by atoms with Crippen molar-refractivity contribution in [2.24, 2.45) is 12.8 Å². The lowest BCUT2D eigenvalue weighted by Crippen LogP contribution is -2.29. The first-order valence-corrected chi connectivity index (χ1v) is 53.0. The highest BCUT2D eigenvalue weighted by Crippen LogP contribution is 2.46. The molecule has 47 heteroatoms. The molecule has 6 fully saturated rings. The molecular weight excluding hydrogens is 2220 g/mol. The normalized spacial score (nSPS) is 19.0. The number of aromatic nitrogens is 24. The lowest BCUT2D eigenvalue weighted by Gasteiger charge is -2.23. The lowest BCUT2D eigenvalue weighted by molar-refractivity contribution is 0.174. The van der Waals surface area contributed by atoms with Crippen LogP contribution in [-0.4, -0.2) is 196 Å². The number of hydrogen-bond acceptors (Lipinski definition) is 34. The van der Waals surface area contributed by atoms with Gasteiger partial charge in [0, 0.05) is 134 Å². The topological polar surface area (TPSA) is 535 Å². The average molecular weight is 2320 g/mol. The number of nitriles is 1. The molecular formula is C94H99Br6N37O2S2. The smallest absolute Gasteiger partial charge is 0.231 e. The average Bonchev–Trinajstić information content (AvgIpc) is 1.71. The van der Waals surface area contributed by atoms with Gasteiger partial charge in [0.1, 0.15) is 34.9 Å². The maximum Gasteiger partial charge on any atom is 0.231 e. The van der Waals surface area contributed by atoms with Crippen LogP contribution in [0.4, 0.5) is 34.9 Å². The zero-order chi connectivity index (χ0) is 97.2. The summed E-state index contributed by atoms with van der Waals surface area (Å²) in [6.07, 6.45) is 35.5. The fourth-order valence-corrected chi connectivity index (χ4v) is 23.7. The zero-order valence-corrected chi connectivity index (χ0v) is 87.5. The second-order valence-corrected chi connectivity index (χ2v) is 41.8. The van der Waals surface area contributed by atoms with E-state index >= 15 is 0 Å². The van der Waals surface area contributed by atoms with Gasteiger partial charge in [-0.05, 0) is 247 Å². The first-order chi connectivity index (χ1) is 68.7. The molecule has 7 aliphatic rings. The van der Waals surface area contributed by atoms with Gasteiger partial charge in [-0.1, -0.05) is 18.2 Å². The van der Waals surface area contributed by atoms with Crippen molar-refractivity contribution >= 4 is 187 Å². The quantitative estimate of drug-likeness (QED) is 0.0540. The molecule has 0 amide bonds. The molecule has 6 aliphatic heterocycles. The summed E-state index contributed by atoms with van der Waals surface area (Å²) in [5, 5.41) is 58.7. The number of aryl methyl sites for hydroxylation is 1. The summed E-state index contributed by atoms with van der Waals surface area (Å²) in [5.41, 5.74) is 68.6. The molecule has 726 valence electrons. The Bertz CT molecular complexity index is 7460. The van der Waals surface area contributed by atoms with E-state index in [1.54, 1.807) is 116 Å². The van der Waals surface area contributed by atoms with Crippen molar-refractivity contribution < 1.29 is 9.47 Å². The molecule has 22 heterocycles. The molecule has 6 unspecified atom stereocenters. The number of nitrogens with one attached hydrogen (secondary N) is 5. The molecule has 39 nitrogen and oxygen atoms in total. The van der Waals surface area contributed by atoms with Crippen molar-refractivity contribution in [1.82, 2.24) is 144 Å². The van der Waals surface area contributed by atoms with Gasteiger partial charge in [-0.2, -0.15) is 68.0 Å². The van der Waals surface area contributed by atoms with E-state index in [2.05, 4.69) is 184 Å². The van der Waals surface area contributed by atoms with Crippen LogP contribution in [0, 0.1) is 11.3 Å². The summed E-state index contributed by atoms with van der Waals surface area (Å²) in [4.78, 5) is 47.4. The van der Waals surface area contributed by atoms with Crippen LogP contribution in [0.3, 0.4) is 0 Å². The molecule has 16 aromatic heterocycles. The minimum atomic E-state index is 0.244. The number of anilines is 6. The minimum Gasteiger partial charge on any atom is -0.454 e. The lowest BCUT2D eigenvalue weighted by atomic mass is 9.96. The van der Waals surface area contributed by atoms with Gasteiger partial charge >= 0.3 is 0 Å².